The Kier molecular flexibility index (Phi) is 8.84. The normalized spacial score (nSPS) is 20.8. The van der Waals surface area contributed by atoms with Crippen LogP contribution in [0.15, 0.2) is 53.4 Å². The number of rotatable bonds is 11. The van der Waals surface area contributed by atoms with Crippen LogP contribution in [-0.4, -0.2) is 24.4 Å². The Morgan fingerprint density at radius 2 is 1.87 bits per heavy atom. The zero-order valence-corrected chi connectivity index (χ0v) is 20.5. The maximum absolute atomic E-state index is 13.8. The molecule has 30 heavy (non-hydrogen) atoms. The number of carbonyl (C=O) groups excluding carboxylic acids is 1. The number of unbranched alkanes of at least 4 members (excludes halogenated alkanes) is 4. The molecule has 0 aromatic heterocycles. The first-order chi connectivity index (χ1) is 14.6. The Hall–Kier alpha value is -1.30. The van der Waals surface area contributed by atoms with E-state index >= 15 is 0 Å². The summed E-state index contributed by atoms with van der Waals surface area (Å²) in [5.41, 5.74) is 2.18. The van der Waals surface area contributed by atoms with Crippen LogP contribution in [0.5, 0.6) is 5.75 Å². The average Bonchev–Trinajstić information content (AvgIpc) is 2.78. The second-order valence-corrected chi connectivity index (χ2v) is 9.99. The third-order valence-electron chi connectivity index (χ3n) is 5.72. The highest BCUT2D eigenvalue weighted by molar-refractivity contribution is 9.09. The molecule has 0 spiro atoms. The summed E-state index contributed by atoms with van der Waals surface area (Å²) < 4.78 is 6.33. The van der Waals surface area contributed by atoms with Gasteiger partial charge in [0, 0.05) is 17.5 Å². The first-order valence-corrected chi connectivity index (χ1v) is 13.0. The van der Waals surface area contributed by atoms with E-state index in [1.54, 1.807) is 11.9 Å². The lowest BCUT2D eigenvalue weighted by Crippen LogP contribution is -2.52. The van der Waals surface area contributed by atoms with Crippen LogP contribution in [-0.2, 0) is 4.79 Å². The topological polar surface area (TPSA) is 26.3 Å². The molecule has 1 aliphatic rings. The van der Waals surface area contributed by atoms with E-state index in [0.29, 0.717) is 10.5 Å². The van der Waals surface area contributed by atoms with Crippen molar-refractivity contribution in [1.82, 2.24) is 3.89 Å². The van der Waals surface area contributed by atoms with Gasteiger partial charge in [0.05, 0.1) is 17.4 Å². The molecule has 0 aliphatic carbocycles. The molecule has 162 valence electrons. The summed E-state index contributed by atoms with van der Waals surface area (Å²) >= 11 is 5.16. The lowest BCUT2D eigenvalue weighted by atomic mass is 9.98. The quantitative estimate of drug-likeness (QED) is 0.141. The highest BCUT2D eigenvalue weighted by Crippen LogP contribution is 2.48. The van der Waals surface area contributed by atoms with E-state index in [1.807, 2.05) is 18.2 Å². The number of quaternary nitrogens is 1. The first-order valence-electron chi connectivity index (χ1n) is 11.1. The van der Waals surface area contributed by atoms with Crippen molar-refractivity contribution in [2.24, 2.45) is 0 Å². The van der Waals surface area contributed by atoms with Gasteiger partial charge in [-0.2, -0.15) is 3.89 Å². The number of halogens is 1. The van der Waals surface area contributed by atoms with Crippen molar-refractivity contribution in [3.63, 3.8) is 0 Å². The molecular formula is C25H33BrNO2S+. The van der Waals surface area contributed by atoms with E-state index in [0.717, 1.165) is 54.6 Å². The van der Waals surface area contributed by atoms with Crippen LogP contribution in [0.4, 0.5) is 5.69 Å². The molecule has 2 unspecified atom stereocenters. The number of nitrogens with zero attached hydrogens (tertiary/aromatic N) is 1. The Morgan fingerprint density at radius 1 is 1.03 bits per heavy atom. The minimum atomic E-state index is -0.114. The maximum Gasteiger partial charge on any atom is 0.337 e. The van der Waals surface area contributed by atoms with Gasteiger partial charge in [0.1, 0.15) is 24.2 Å². The van der Waals surface area contributed by atoms with Gasteiger partial charge < -0.3 is 4.74 Å². The van der Waals surface area contributed by atoms with E-state index in [2.05, 4.69) is 60.1 Å². The minimum absolute atomic E-state index is 0.114. The van der Waals surface area contributed by atoms with E-state index in [9.17, 15) is 4.79 Å². The van der Waals surface area contributed by atoms with Crippen LogP contribution >= 0.6 is 27.9 Å². The fourth-order valence-electron chi connectivity index (χ4n) is 3.99. The molecule has 3 nitrogen and oxygen atoms in total. The molecule has 2 aromatic rings. The number of benzene rings is 2. The molecule has 0 fully saturated rings. The van der Waals surface area contributed by atoms with Crippen molar-refractivity contribution in [3.8, 4) is 5.75 Å². The highest BCUT2D eigenvalue weighted by Gasteiger charge is 2.49. The number of hydrogen-bond donors (Lipinski definition) is 0. The Labute approximate surface area is 194 Å². The van der Waals surface area contributed by atoms with Gasteiger partial charge in [-0.15, -0.1) is 0 Å². The molecular weight excluding hydrogens is 458 g/mol. The lowest BCUT2D eigenvalue weighted by molar-refractivity contribution is -0.127. The number of hydrogen-bond acceptors (Lipinski definition) is 3. The van der Waals surface area contributed by atoms with Crippen LogP contribution in [0.2, 0.25) is 0 Å². The number of alkyl halides is 1. The summed E-state index contributed by atoms with van der Waals surface area (Å²) in [7, 11) is 0. The monoisotopic (exact) mass is 490 g/mol. The van der Waals surface area contributed by atoms with Gasteiger partial charge in [-0.3, -0.25) is 0 Å². The molecule has 0 radical (unpaired) electrons. The summed E-state index contributed by atoms with van der Waals surface area (Å²) in [5, 5.41) is 0.997. The summed E-state index contributed by atoms with van der Waals surface area (Å²) in [6, 6.07) is 16.6. The maximum atomic E-state index is 13.8. The van der Waals surface area contributed by atoms with E-state index in [4.69, 9.17) is 4.74 Å². The molecule has 2 atom stereocenters. The van der Waals surface area contributed by atoms with Crippen molar-refractivity contribution in [2.75, 3.05) is 18.5 Å². The fraction of sp³-hybridized carbons (Fsp3) is 0.480. The molecule has 0 saturated heterocycles. The van der Waals surface area contributed by atoms with Gasteiger partial charge in [-0.05, 0) is 50.3 Å². The number of carbonyl (C=O) groups is 1. The van der Waals surface area contributed by atoms with E-state index < -0.39 is 0 Å². The Morgan fingerprint density at radius 3 is 2.67 bits per heavy atom. The van der Waals surface area contributed by atoms with Crippen LogP contribution in [0.25, 0.3) is 0 Å². The van der Waals surface area contributed by atoms with Gasteiger partial charge in [0.2, 0.25) is 0 Å². The lowest BCUT2D eigenvalue weighted by Gasteiger charge is -2.39. The van der Waals surface area contributed by atoms with Gasteiger partial charge in [0.25, 0.3) is 0 Å². The summed E-state index contributed by atoms with van der Waals surface area (Å²) in [5.74, 6) is 1.01. The largest absolute Gasteiger partial charge is 0.493 e. The standard InChI is InChI=1S/C25H33BrNO2S/c1-3-4-5-9-17-27(21-12-11-13-22(19-21)29-18-10-8-16-26)25(28)20(2)23-14-6-7-15-24(23)30-27/h6-7,11-15,19-20H,3-5,8-10,16-18H2,1-2H3/q+1. The zero-order chi connectivity index (χ0) is 21.4. The predicted molar refractivity (Wildman–Crippen MR) is 131 cm³/mol. The molecule has 5 heteroatoms. The molecule has 0 saturated carbocycles. The van der Waals surface area contributed by atoms with Gasteiger partial charge >= 0.3 is 5.91 Å². The average molecular weight is 492 g/mol. The smallest absolute Gasteiger partial charge is 0.337 e. The minimum Gasteiger partial charge on any atom is -0.493 e. The van der Waals surface area contributed by atoms with E-state index in [1.165, 1.54) is 17.7 Å². The van der Waals surface area contributed by atoms with Crippen LogP contribution < -0.4 is 8.63 Å². The Bertz CT molecular complexity index is 843. The van der Waals surface area contributed by atoms with Crippen molar-refractivity contribution < 1.29 is 9.53 Å². The Balaban J connectivity index is 1.92. The second kappa shape index (κ2) is 11.4. The van der Waals surface area contributed by atoms with Gasteiger partial charge in [0.15, 0.2) is 5.69 Å². The van der Waals surface area contributed by atoms with Crippen LogP contribution in [0.3, 0.4) is 0 Å². The molecule has 1 heterocycles. The van der Waals surface area contributed by atoms with Crippen molar-refractivity contribution >= 4 is 39.5 Å². The molecule has 1 aliphatic heterocycles. The number of amides is 1. The first kappa shape index (κ1) is 23.4. The van der Waals surface area contributed by atoms with E-state index in [-0.39, 0.29) is 11.8 Å². The van der Waals surface area contributed by atoms with Crippen molar-refractivity contribution in [3.05, 3.63) is 54.1 Å². The molecule has 2 aromatic carbocycles. The van der Waals surface area contributed by atoms with Gasteiger partial charge in [-0.1, -0.05) is 60.0 Å². The number of fused-ring (bicyclic) bond motifs is 1. The predicted octanol–water partition coefficient (Wildman–Crippen LogP) is 7.48. The highest BCUT2D eigenvalue weighted by atomic mass is 79.9. The third-order valence-corrected chi connectivity index (χ3v) is 7.74. The second-order valence-electron chi connectivity index (χ2n) is 7.95. The fourth-order valence-corrected chi connectivity index (χ4v) is 5.90. The molecule has 1 amide bonds. The van der Waals surface area contributed by atoms with Gasteiger partial charge in [-0.25, -0.2) is 4.79 Å². The summed E-state index contributed by atoms with van der Waals surface area (Å²) in [4.78, 5) is 15.0. The molecule has 3 rings (SSSR count). The summed E-state index contributed by atoms with van der Waals surface area (Å²) in [6.07, 6.45) is 6.71. The zero-order valence-electron chi connectivity index (χ0n) is 18.1. The molecule has 0 N–H and O–H groups in total. The van der Waals surface area contributed by atoms with Crippen molar-refractivity contribution in [1.29, 1.82) is 0 Å². The third kappa shape index (κ3) is 5.30. The van der Waals surface area contributed by atoms with Crippen LogP contribution in [0.1, 0.15) is 63.9 Å². The number of ether oxygens (including phenoxy) is 1. The van der Waals surface area contributed by atoms with Crippen LogP contribution in [0, 0.1) is 0 Å². The summed E-state index contributed by atoms with van der Waals surface area (Å²) in [6.45, 7) is 5.79. The molecule has 0 bridgehead atoms. The SMILES string of the molecule is CCCCCC[N+]1(c2cccc(OCCCCBr)c2)Sc2ccccc2C(C)C1=O. The van der Waals surface area contributed by atoms with Crippen molar-refractivity contribution in [2.45, 2.75) is 63.2 Å².